The molecule has 0 spiro atoms. The summed E-state index contributed by atoms with van der Waals surface area (Å²) in [6.07, 6.45) is 0.0444. The fraction of sp³-hybridized carbons (Fsp3) is 0.360. The van der Waals surface area contributed by atoms with Crippen molar-refractivity contribution >= 4 is 40.7 Å². The Kier molecular flexibility index (Phi) is 8.03. The maximum absolute atomic E-state index is 11.7. The standard InChI is InChI=1S/C25H25ClN6O5S/c26-19-4-2-1-3-17(19)23-18-15-16(32(35)36)5-7-21(18)31-24(20(27-23)6-8-22(33)34)28-29-25(31)38-14-11-30-9-12-37-13-10-30/h1-5,7,15,20H,6,8-14H2,(H,33,34)/t20-/m0/s1. The van der Waals surface area contributed by atoms with Crippen LogP contribution in [0.3, 0.4) is 0 Å². The number of non-ortho nitro benzene ring substituents is 1. The van der Waals surface area contributed by atoms with Crippen LogP contribution in [0, 0.1) is 10.1 Å². The third-order valence-electron chi connectivity index (χ3n) is 6.43. The van der Waals surface area contributed by atoms with Gasteiger partial charge in [-0.15, -0.1) is 10.2 Å². The van der Waals surface area contributed by atoms with Crippen LogP contribution in [0.5, 0.6) is 0 Å². The molecule has 198 valence electrons. The average Bonchev–Trinajstić information content (AvgIpc) is 3.27. The number of carboxylic acids is 1. The first-order valence-electron chi connectivity index (χ1n) is 12.1. The fourth-order valence-electron chi connectivity index (χ4n) is 4.53. The molecule has 1 N–H and O–H groups in total. The molecule has 2 aliphatic rings. The van der Waals surface area contributed by atoms with Crippen LogP contribution in [-0.2, 0) is 9.53 Å². The van der Waals surface area contributed by atoms with Gasteiger partial charge in [-0.1, -0.05) is 41.6 Å². The van der Waals surface area contributed by atoms with Crippen LogP contribution < -0.4 is 0 Å². The molecule has 5 rings (SSSR count). The Balaban J connectivity index is 1.61. The lowest BCUT2D eigenvalue weighted by Crippen LogP contribution is -2.37. The van der Waals surface area contributed by atoms with Gasteiger partial charge in [0.2, 0.25) is 0 Å². The van der Waals surface area contributed by atoms with E-state index in [9.17, 15) is 20.0 Å². The molecule has 2 aromatic carbocycles. The number of aliphatic imine (C=N–C) groups is 1. The highest BCUT2D eigenvalue weighted by molar-refractivity contribution is 7.99. The highest BCUT2D eigenvalue weighted by Gasteiger charge is 2.31. The van der Waals surface area contributed by atoms with Crippen LogP contribution in [0.2, 0.25) is 5.02 Å². The molecular weight excluding hydrogens is 532 g/mol. The van der Waals surface area contributed by atoms with Crippen molar-refractivity contribution in [2.24, 2.45) is 4.99 Å². The minimum Gasteiger partial charge on any atom is -0.481 e. The number of nitro benzene ring substituents is 1. The molecule has 11 nitrogen and oxygen atoms in total. The summed E-state index contributed by atoms with van der Waals surface area (Å²) in [4.78, 5) is 30.0. The van der Waals surface area contributed by atoms with Crippen LogP contribution in [0.1, 0.15) is 35.8 Å². The highest BCUT2D eigenvalue weighted by Crippen LogP contribution is 2.37. The quantitative estimate of drug-likeness (QED) is 0.235. The van der Waals surface area contributed by atoms with E-state index in [2.05, 4.69) is 15.1 Å². The van der Waals surface area contributed by atoms with Crippen molar-refractivity contribution in [3.05, 3.63) is 74.6 Å². The molecule has 0 unspecified atom stereocenters. The third-order valence-corrected chi connectivity index (χ3v) is 7.67. The fourth-order valence-corrected chi connectivity index (χ4v) is 5.71. The van der Waals surface area contributed by atoms with Gasteiger partial charge in [0.1, 0.15) is 6.04 Å². The normalized spacial score (nSPS) is 17.3. The molecule has 13 heteroatoms. The number of nitro groups is 1. The summed E-state index contributed by atoms with van der Waals surface area (Å²) in [6.45, 7) is 4.01. The topological polar surface area (TPSA) is 136 Å². The molecule has 0 bridgehead atoms. The van der Waals surface area contributed by atoms with Gasteiger partial charge in [-0.05, 0) is 18.6 Å². The summed E-state index contributed by atoms with van der Waals surface area (Å²) < 4.78 is 7.28. The number of rotatable bonds is 9. The molecule has 0 saturated carbocycles. The summed E-state index contributed by atoms with van der Waals surface area (Å²) in [5.41, 5.74) is 2.07. The molecule has 0 amide bonds. The zero-order valence-corrected chi connectivity index (χ0v) is 21.9. The van der Waals surface area contributed by atoms with Crippen molar-refractivity contribution in [3.8, 4) is 5.69 Å². The number of halogens is 1. The van der Waals surface area contributed by atoms with E-state index in [-0.39, 0.29) is 18.5 Å². The molecule has 1 aromatic heterocycles. The molecule has 3 aromatic rings. The molecule has 0 radical (unpaired) electrons. The lowest BCUT2D eigenvalue weighted by molar-refractivity contribution is -0.384. The van der Waals surface area contributed by atoms with Crippen LogP contribution >= 0.6 is 23.4 Å². The van der Waals surface area contributed by atoms with E-state index in [1.807, 2.05) is 10.6 Å². The molecule has 0 aliphatic carbocycles. The van der Waals surface area contributed by atoms with Gasteiger partial charge in [0.05, 0.1) is 29.5 Å². The Morgan fingerprint density at radius 1 is 1.18 bits per heavy atom. The molecule has 3 heterocycles. The predicted molar refractivity (Wildman–Crippen MR) is 143 cm³/mol. The van der Waals surface area contributed by atoms with Crippen molar-refractivity contribution in [3.63, 3.8) is 0 Å². The number of aromatic nitrogens is 3. The van der Waals surface area contributed by atoms with E-state index >= 15 is 0 Å². The first kappa shape index (κ1) is 26.3. The van der Waals surface area contributed by atoms with Crippen molar-refractivity contribution in [1.82, 2.24) is 19.7 Å². The largest absolute Gasteiger partial charge is 0.481 e. The van der Waals surface area contributed by atoms with Gasteiger partial charge in [0.25, 0.3) is 5.69 Å². The van der Waals surface area contributed by atoms with Crippen LogP contribution in [0.25, 0.3) is 5.69 Å². The summed E-state index contributed by atoms with van der Waals surface area (Å²) in [6, 6.07) is 11.0. The zero-order valence-electron chi connectivity index (χ0n) is 20.3. The number of hydrogen-bond acceptors (Lipinski definition) is 9. The van der Waals surface area contributed by atoms with Crippen molar-refractivity contribution in [1.29, 1.82) is 0 Å². The number of ether oxygens (including phenoxy) is 1. The SMILES string of the molecule is O=C(O)CC[C@@H]1N=C(c2ccccc2Cl)c2cc([N+](=O)[O-])ccc2-n2c(SCCN3CCOCC3)nnc21. The Hall–Kier alpha value is -3.32. The number of nitrogens with zero attached hydrogens (tertiary/aromatic N) is 6. The second-order valence-electron chi connectivity index (χ2n) is 8.84. The Labute approximate surface area is 227 Å². The first-order valence-corrected chi connectivity index (χ1v) is 13.5. The summed E-state index contributed by atoms with van der Waals surface area (Å²) in [5.74, 6) is 0.277. The van der Waals surface area contributed by atoms with Gasteiger partial charge in [-0.3, -0.25) is 29.4 Å². The van der Waals surface area contributed by atoms with E-state index in [1.54, 1.807) is 24.3 Å². The summed E-state index contributed by atoms with van der Waals surface area (Å²) >= 11 is 8.08. The number of benzene rings is 2. The van der Waals surface area contributed by atoms with Gasteiger partial charge < -0.3 is 9.84 Å². The minimum absolute atomic E-state index is 0.0939. The summed E-state index contributed by atoms with van der Waals surface area (Å²) in [5, 5.41) is 31.0. The van der Waals surface area contributed by atoms with E-state index in [0.29, 0.717) is 51.7 Å². The second kappa shape index (κ2) is 11.6. The van der Waals surface area contributed by atoms with Gasteiger partial charge in [-0.2, -0.15) is 0 Å². The maximum atomic E-state index is 11.7. The number of hydrogen-bond donors (Lipinski definition) is 1. The van der Waals surface area contributed by atoms with Gasteiger partial charge in [0.15, 0.2) is 11.0 Å². The third kappa shape index (κ3) is 5.58. The molecule has 2 aliphatic heterocycles. The molecular formula is C25H25ClN6O5S. The lowest BCUT2D eigenvalue weighted by Gasteiger charge is -2.26. The smallest absolute Gasteiger partial charge is 0.303 e. The highest BCUT2D eigenvalue weighted by atomic mass is 35.5. The van der Waals surface area contributed by atoms with E-state index in [0.717, 1.165) is 25.4 Å². The van der Waals surface area contributed by atoms with Gasteiger partial charge in [0, 0.05) is 60.1 Å². The molecule has 38 heavy (non-hydrogen) atoms. The van der Waals surface area contributed by atoms with E-state index in [4.69, 9.17) is 21.3 Å². The number of carbonyl (C=O) groups is 1. The maximum Gasteiger partial charge on any atom is 0.303 e. The zero-order chi connectivity index (χ0) is 26.6. The predicted octanol–water partition coefficient (Wildman–Crippen LogP) is 4.01. The Morgan fingerprint density at radius 2 is 1.97 bits per heavy atom. The van der Waals surface area contributed by atoms with Gasteiger partial charge >= 0.3 is 5.97 Å². The average molecular weight is 557 g/mol. The second-order valence-corrected chi connectivity index (χ2v) is 10.3. The number of thioether (sulfide) groups is 1. The number of morpholine rings is 1. The van der Waals surface area contributed by atoms with Crippen LogP contribution in [-0.4, -0.2) is 80.0 Å². The van der Waals surface area contributed by atoms with Crippen molar-refractivity contribution in [2.75, 3.05) is 38.6 Å². The summed E-state index contributed by atoms with van der Waals surface area (Å²) in [7, 11) is 0. The van der Waals surface area contributed by atoms with E-state index < -0.39 is 16.9 Å². The first-order chi connectivity index (χ1) is 18.4. The molecule has 1 saturated heterocycles. The lowest BCUT2D eigenvalue weighted by atomic mass is 9.99. The van der Waals surface area contributed by atoms with Gasteiger partial charge in [-0.25, -0.2) is 0 Å². The van der Waals surface area contributed by atoms with Crippen molar-refractivity contribution < 1.29 is 19.6 Å². The Morgan fingerprint density at radius 3 is 2.71 bits per heavy atom. The van der Waals surface area contributed by atoms with E-state index in [1.165, 1.54) is 23.9 Å². The molecule has 1 fully saturated rings. The van der Waals surface area contributed by atoms with Crippen LogP contribution in [0.4, 0.5) is 5.69 Å². The minimum atomic E-state index is -0.955. The monoisotopic (exact) mass is 556 g/mol. The van der Waals surface area contributed by atoms with Crippen molar-refractivity contribution in [2.45, 2.75) is 24.0 Å². The number of carboxylic acid groups (broad SMARTS) is 1. The number of fused-ring (bicyclic) bond motifs is 3. The number of aliphatic carboxylic acids is 1. The molecule has 1 atom stereocenters. The van der Waals surface area contributed by atoms with Crippen LogP contribution in [0.15, 0.2) is 52.6 Å². The Bertz CT molecular complexity index is 1390.